The molecule has 1 N–H and O–H groups in total. The molecule has 1 unspecified atom stereocenters. The first-order chi connectivity index (χ1) is 15.2. The number of carbonyl (C=O) groups is 4. The SMILES string of the molecule is CC(=O)NCC1CN(c2cc(F)c(C3=CCN(C(=O)COC(C)=O)CC3)c(F)c2)C(=O)O1. The van der Waals surface area contributed by atoms with Gasteiger partial charge in [0.2, 0.25) is 5.91 Å². The molecule has 2 aliphatic rings. The van der Waals surface area contributed by atoms with Gasteiger partial charge in [-0.2, -0.15) is 0 Å². The normalized spacial score (nSPS) is 18.2. The standard InChI is InChI=1S/C21H23F2N3O6/c1-12(27)24-9-16-10-26(21(30)32-16)15-7-17(22)20(18(23)8-15)14-3-5-25(6-4-14)19(29)11-31-13(2)28/h3,7-8,16H,4-6,9-11H2,1-2H3,(H,24,27). The van der Waals surface area contributed by atoms with Gasteiger partial charge in [-0.05, 0) is 24.1 Å². The summed E-state index contributed by atoms with van der Waals surface area (Å²) in [7, 11) is 0. The van der Waals surface area contributed by atoms with E-state index in [1.807, 2.05) is 0 Å². The molecule has 2 aliphatic heterocycles. The lowest BCUT2D eigenvalue weighted by Gasteiger charge is -2.27. The molecule has 1 aromatic carbocycles. The van der Waals surface area contributed by atoms with Gasteiger partial charge in [-0.1, -0.05) is 6.08 Å². The number of hydrogen-bond acceptors (Lipinski definition) is 6. The van der Waals surface area contributed by atoms with Gasteiger partial charge in [0.25, 0.3) is 5.91 Å². The van der Waals surface area contributed by atoms with Crippen molar-refractivity contribution < 1.29 is 37.4 Å². The highest BCUT2D eigenvalue weighted by molar-refractivity contribution is 5.90. The van der Waals surface area contributed by atoms with Crippen LogP contribution in [0.1, 0.15) is 25.8 Å². The number of amides is 3. The van der Waals surface area contributed by atoms with Crippen molar-refractivity contribution in [3.8, 4) is 0 Å². The molecule has 172 valence electrons. The smallest absolute Gasteiger partial charge is 0.414 e. The van der Waals surface area contributed by atoms with E-state index in [-0.39, 0.29) is 56.4 Å². The lowest BCUT2D eigenvalue weighted by molar-refractivity contribution is -0.150. The molecule has 3 amide bonds. The Bertz CT molecular complexity index is 957. The summed E-state index contributed by atoms with van der Waals surface area (Å²) in [6.07, 6.45) is 0.368. The Morgan fingerprint density at radius 1 is 1.22 bits per heavy atom. The minimum absolute atomic E-state index is 0.00803. The number of halogens is 2. The van der Waals surface area contributed by atoms with Crippen LogP contribution in [0.25, 0.3) is 5.57 Å². The van der Waals surface area contributed by atoms with Crippen LogP contribution >= 0.6 is 0 Å². The van der Waals surface area contributed by atoms with Crippen molar-refractivity contribution in [1.29, 1.82) is 0 Å². The zero-order chi connectivity index (χ0) is 23.4. The number of hydrogen-bond donors (Lipinski definition) is 1. The number of nitrogens with zero attached hydrogens (tertiary/aromatic N) is 2. The third kappa shape index (κ3) is 5.40. The van der Waals surface area contributed by atoms with Gasteiger partial charge in [0.1, 0.15) is 17.7 Å². The van der Waals surface area contributed by atoms with Gasteiger partial charge < -0.3 is 19.7 Å². The van der Waals surface area contributed by atoms with Crippen LogP contribution in [0.2, 0.25) is 0 Å². The second-order valence-corrected chi connectivity index (χ2v) is 7.44. The molecular weight excluding hydrogens is 428 g/mol. The maximum absolute atomic E-state index is 14.8. The minimum atomic E-state index is -0.843. The Labute approximate surface area is 182 Å². The van der Waals surface area contributed by atoms with Crippen LogP contribution in [0.15, 0.2) is 18.2 Å². The first-order valence-electron chi connectivity index (χ1n) is 9.98. The monoisotopic (exact) mass is 451 g/mol. The van der Waals surface area contributed by atoms with Gasteiger partial charge in [-0.15, -0.1) is 0 Å². The fraction of sp³-hybridized carbons (Fsp3) is 0.429. The predicted octanol–water partition coefficient (Wildman–Crippen LogP) is 1.60. The summed E-state index contributed by atoms with van der Waals surface area (Å²) in [5, 5.41) is 2.53. The number of nitrogens with one attached hydrogen (secondary N) is 1. The van der Waals surface area contributed by atoms with Crippen LogP contribution in [-0.2, 0) is 23.9 Å². The molecule has 1 aromatic rings. The molecule has 1 saturated heterocycles. The quantitative estimate of drug-likeness (QED) is 0.659. The molecule has 0 saturated carbocycles. The van der Waals surface area contributed by atoms with E-state index >= 15 is 0 Å². The van der Waals surface area contributed by atoms with Gasteiger partial charge in [-0.3, -0.25) is 19.3 Å². The first-order valence-corrected chi connectivity index (χ1v) is 9.98. The Hall–Kier alpha value is -3.50. The zero-order valence-corrected chi connectivity index (χ0v) is 17.7. The molecule has 0 bridgehead atoms. The predicted molar refractivity (Wildman–Crippen MR) is 108 cm³/mol. The number of benzene rings is 1. The van der Waals surface area contributed by atoms with Crippen molar-refractivity contribution in [2.45, 2.75) is 26.4 Å². The molecule has 1 atom stereocenters. The summed E-state index contributed by atoms with van der Waals surface area (Å²) in [5.41, 5.74) is 0.187. The highest BCUT2D eigenvalue weighted by Gasteiger charge is 2.33. The second-order valence-electron chi connectivity index (χ2n) is 7.44. The maximum Gasteiger partial charge on any atom is 0.414 e. The Balaban J connectivity index is 1.70. The van der Waals surface area contributed by atoms with E-state index in [0.29, 0.717) is 5.57 Å². The van der Waals surface area contributed by atoms with Crippen LogP contribution in [0, 0.1) is 11.6 Å². The fourth-order valence-electron chi connectivity index (χ4n) is 3.50. The van der Waals surface area contributed by atoms with E-state index in [2.05, 4.69) is 10.1 Å². The molecule has 32 heavy (non-hydrogen) atoms. The number of rotatable bonds is 6. The summed E-state index contributed by atoms with van der Waals surface area (Å²) < 4.78 is 39.5. The van der Waals surface area contributed by atoms with Crippen molar-refractivity contribution in [1.82, 2.24) is 10.2 Å². The Morgan fingerprint density at radius 2 is 1.91 bits per heavy atom. The number of anilines is 1. The summed E-state index contributed by atoms with van der Waals surface area (Å²) in [6.45, 7) is 2.62. The lowest BCUT2D eigenvalue weighted by atomic mass is 9.97. The maximum atomic E-state index is 14.8. The first kappa shape index (κ1) is 23.2. The Morgan fingerprint density at radius 3 is 2.47 bits per heavy atom. The van der Waals surface area contributed by atoms with Crippen LogP contribution < -0.4 is 10.2 Å². The van der Waals surface area contributed by atoms with Crippen molar-refractivity contribution >= 4 is 35.1 Å². The summed E-state index contributed by atoms with van der Waals surface area (Å²) >= 11 is 0. The van der Waals surface area contributed by atoms with Gasteiger partial charge in [0.05, 0.1) is 18.8 Å². The summed E-state index contributed by atoms with van der Waals surface area (Å²) in [5.74, 6) is -2.94. The highest BCUT2D eigenvalue weighted by atomic mass is 19.1. The van der Waals surface area contributed by atoms with Gasteiger partial charge >= 0.3 is 12.1 Å². The molecule has 9 nitrogen and oxygen atoms in total. The van der Waals surface area contributed by atoms with E-state index in [9.17, 15) is 28.0 Å². The van der Waals surface area contributed by atoms with Crippen LogP contribution in [0.3, 0.4) is 0 Å². The second kappa shape index (κ2) is 9.75. The van der Waals surface area contributed by atoms with Crippen LogP contribution in [-0.4, -0.2) is 67.7 Å². The third-order valence-corrected chi connectivity index (χ3v) is 5.07. The molecule has 0 aliphatic carbocycles. The molecule has 0 radical (unpaired) electrons. The lowest BCUT2D eigenvalue weighted by Crippen LogP contribution is -2.37. The summed E-state index contributed by atoms with van der Waals surface area (Å²) in [6, 6.07) is 2.11. The largest absolute Gasteiger partial charge is 0.456 e. The van der Waals surface area contributed by atoms with E-state index in [1.54, 1.807) is 6.08 Å². The molecular formula is C21H23F2N3O6. The van der Waals surface area contributed by atoms with Gasteiger partial charge in [0.15, 0.2) is 6.61 Å². The molecule has 1 fully saturated rings. The van der Waals surface area contributed by atoms with E-state index < -0.39 is 35.7 Å². The molecule has 0 aromatic heterocycles. The third-order valence-electron chi connectivity index (χ3n) is 5.07. The molecule has 11 heteroatoms. The van der Waals surface area contributed by atoms with E-state index in [1.165, 1.54) is 18.7 Å². The van der Waals surface area contributed by atoms with Gasteiger partial charge in [-0.25, -0.2) is 13.6 Å². The van der Waals surface area contributed by atoms with Gasteiger partial charge in [0, 0.05) is 32.5 Å². The number of cyclic esters (lactones) is 1. The number of carbonyl (C=O) groups excluding carboxylic acids is 4. The highest BCUT2D eigenvalue weighted by Crippen LogP contribution is 2.32. The van der Waals surface area contributed by atoms with Crippen LogP contribution in [0.4, 0.5) is 19.3 Å². The molecule has 3 rings (SSSR count). The average molecular weight is 451 g/mol. The van der Waals surface area contributed by atoms with Crippen LogP contribution in [0.5, 0.6) is 0 Å². The molecule has 0 spiro atoms. The number of ether oxygens (including phenoxy) is 2. The number of esters is 1. The van der Waals surface area contributed by atoms with E-state index in [4.69, 9.17) is 4.74 Å². The van der Waals surface area contributed by atoms with Crippen molar-refractivity contribution in [2.24, 2.45) is 0 Å². The topological polar surface area (TPSA) is 105 Å². The Kier molecular flexibility index (Phi) is 7.06. The molecule has 2 heterocycles. The zero-order valence-electron chi connectivity index (χ0n) is 17.7. The van der Waals surface area contributed by atoms with E-state index in [0.717, 1.165) is 17.0 Å². The van der Waals surface area contributed by atoms with Crippen molar-refractivity contribution in [2.75, 3.05) is 37.7 Å². The summed E-state index contributed by atoms with van der Waals surface area (Å²) in [4.78, 5) is 48.5. The fourth-order valence-corrected chi connectivity index (χ4v) is 3.50. The average Bonchev–Trinajstić information content (AvgIpc) is 3.11. The van der Waals surface area contributed by atoms with Crippen molar-refractivity contribution in [3.05, 3.63) is 35.4 Å². The van der Waals surface area contributed by atoms with Crippen molar-refractivity contribution in [3.63, 3.8) is 0 Å². The minimum Gasteiger partial charge on any atom is -0.456 e.